The van der Waals surface area contributed by atoms with Crippen LogP contribution in [0.1, 0.15) is 17.7 Å². The summed E-state index contributed by atoms with van der Waals surface area (Å²) >= 11 is 1.64. The van der Waals surface area contributed by atoms with Gasteiger partial charge in [0.05, 0.1) is 14.2 Å². The van der Waals surface area contributed by atoms with Gasteiger partial charge >= 0.3 is 11.9 Å². The molecule has 7 heteroatoms. The summed E-state index contributed by atoms with van der Waals surface area (Å²) in [5.74, 6) is -1.39. The Hall–Kier alpha value is -1.89. The van der Waals surface area contributed by atoms with Crippen LogP contribution >= 0.6 is 11.3 Å². The van der Waals surface area contributed by atoms with Crippen LogP contribution in [0.3, 0.4) is 0 Å². The van der Waals surface area contributed by atoms with Gasteiger partial charge in [-0.25, -0.2) is 0 Å². The quantitative estimate of drug-likeness (QED) is 0.675. The van der Waals surface area contributed by atoms with Gasteiger partial charge in [-0.15, -0.1) is 11.3 Å². The first-order valence-corrected chi connectivity index (χ1v) is 7.38. The van der Waals surface area contributed by atoms with Gasteiger partial charge in [-0.05, 0) is 24.3 Å². The highest BCUT2D eigenvalue weighted by Gasteiger charge is 2.20. The first-order chi connectivity index (χ1) is 10.1. The summed E-state index contributed by atoms with van der Waals surface area (Å²) in [5, 5.41) is 1.98. The van der Waals surface area contributed by atoms with Gasteiger partial charge in [-0.1, -0.05) is 6.07 Å². The molecule has 1 aromatic heterocycles. The Morgan fingerprint density at radius 1 is 1.14 bits per heavy atom. The summed E-state index contributed by atoms with van der Waals surface area (Å²) in [6.45, 7) is -0.493. The van der Waals surface area contributed by atoms with E-state index in [2.05, 4.69) is 9.47 Å². The van der Waals surface area contributed by atoms with E-state index in [1.165, 1.54) is 19.1 Å². The van der Waals surface area contributed by atoms with Crippen LogP contribution in [0.15, 0.2) is 17.5 Å². The molecule has 0 aliphatic heterocycles. The SMILES string of the molecule is COC(=O)CN(CC(=O)OC)C(=O)CCCc1cccs1. The number of ether oxygens (including phenoxy) is 2. The molecule has 21 heavy (non-hydrogen) atoms. The molecular formula is C14H19NO5S. The van der Waals surface area contributed by atoms with Gasteiger partial charge < -0.3 is 14.4 Å². The zero-order valence-electron chi connectivity index (χ0n) is 12.2. The second kappa shape index (κ2) is 9.12. The van der Waals surface area contributed by atoms with Crippen molar-refractivity contribution in [3.8, 4) is 0 Å². The van der Waals surface area contributed by atoms with E-state index < -0.39 is 11.9 Å². The molecule has 0 unspecified atom stereocenters. The van der Waals surface area contributed by atoms with Crippen molar-refractivity contribution >= 4 is 29.2 Å². The highest BCUT2D eigenvalue weighted by molar-refractivity contribution is 7.09. The molecule has 0 spiro atoms. The Bertz CT molecular complexity index is 454. The standard InChI is InChI=1S/C14H19NO5S/c1-19-13(17)9-15(10-14(18)20-2)12(16)7-3-5-11-6-4-8-21-11/h4,6,8H,3,5,7,9-10H2,1-2H3. The number of carbonyl (C=O) groups excluding carboxylic acids is 3. The third-order valence-electron chi connectivity index (χ3n) is 2.84. The fourth-order valence-corrected chi connectivity index (χ4v) is 2.45. The lowest BCUT2D eigenvalue weighted by atomic mass is 10.2. The molecule has 1 amide bonds. The zero-order chi connectivity index (χ0) is 15.7. The van der Waals surface area contributed by atoms with Crippen LogP contribution < -0.4 is 0 Å². The van der Waals surface area contributed by atoms with E-state index in [-0.39, 0.29) is 25.4 Å². The largest absolute Gasteiger partial charge is 0.468 e. The molecule has 0 saturated carbocycles. The summed E-state index contributed by atoms with van der Waals surface area (Å²) in [6.07, 6.45) is 1.73. The molecule has 6 nitrogen and oxygen atoms in total. The van der Waals surface area contributed by atoms with Crippen LogP contribution in [0.4, 0.5) is 0 Å². The summed E-state index contributed by atoms with van der Waals surface area (Å²) in [7, 11) is 2.47. The van der Waals surface area contributed by atoms with Crippen LogP contribution in [0.5, 0.6) is 0 Å². The highest BCUT2D eigenvalue weighted by Crippen LogP contribution is 2.12. The first kappa shape index (κ1) is 17.2. The Labute approximate surface area is 127 Å². The number of carbonyl (C=O) groups is 3. The average Bonchev–Trinajstić information content (AvgIpc) is 2.99. The van der Waals surface area contributed by atoms with Gasteiger partial charge in [-0.2, -0.15) is 0 Å². The molecule has 0 aliphatic carbocycles. The average molecular weight is 313 g/mol. The third kappa shape index (κ3) is 6.40. The fraction of sp³-hybridized carbons (Fsp3) is 0.500. The van der Waals surface area contributed by atoms with E-state index in [4.69, 9.17) is 0 Å². The van der Waals surface area contributed by atoms with Crippen molar-refractivity contribution in [3.63, 3.8) is 0 Å². The van der Waals surface area contributed by atoms with Gasteiger partial charge in [0, 0.05) is 11.3 Å². The molecule has 0 atom stereocenters. The van der Waals surface area contributed by atoms with Gasteiger partial charge in [-0.3, -0.25) is 14.4 Å². The normalized spacial score (nSPS) is 10.0. The van der Waals surface area contributed by atoms with Crippen LogP contribution in [0.25, 0.3) is 0 Å². The Morgan fingerprint density at radius 2 is 1.76 bits per heavy atom. The lowest BCUT2D eigenvalue weighted by molar-refractivity contribution is -0.152. The van der Waals surface area contributed by atoms with Gasteiger partial charge in [0.2, 0.25) is 5.91 Å². The molecule has 0 aromatic carbocycles. The number of amides is 1. The zero-order valence-corrected chi connectivity index (χ0v) is 13.0. The minimum absolute atomic E-state index is 0.247. The Balaban J connectivity index is 2.48. The maximum Gasteiger partial charge on any atom is 0.325 e. The molecule has 1 aromatic rings. The molecule has 0 saturated heterocycles. The third-order valence-corrected chi connectivity index (χ3v) is 3.78. The van der Waals surface area contributed by atoms with Crippen LogP contribution in [-0.4, -0.2) is 50.1 Å². The van der Waals surface area contributed by atoms with Crippen LogP contribution in [0, 0.1) is 0 Å². The topological polar surface area (TPSA) is 72.9 Å². The number of aryl methyl sites for hydroxylation is 1. The maximum atomic E-state index is 12.1. The predicted molar refractivity (Wildman–Crippen MR) is 77.9 cm³/mol. The van der Waals surface area contributed by atoms with Crippen molar-refractivity contribution in [3.05, 3.63) is 22.4 Å². The summed E-state index contributed by atoms with van der Waals surface area (Å²) in [5.41, 5.74) is 0. The number of nitrogens with zero attached hydrogens (tertiary/aromatic N) is 1. The van der Waals surface area contributed by atoms with Crippen LogP contribution in [-0.2, 0) is 30.3 Å². The van der Waals surface area contributed by atoms with Crippen molar-refractivity contribution in [1.29, 1.82) is 0 Å². The van der Waals surface area contributed by atoms with Crippen molar-refractivity contribution in [2.75, 3.05) is 27.3 Å². The molecule has 0 N–H and O–H groups in total. The summed E-state index contributed by atoms with van der Waals surface area (Å²) in [4.78, 5) is 37.0. The van der Waals surface area contributed by atoms with E-state index in [0.29, 0.717) is 6.42 Å². The highest BCUT2D eigenvalue weighted by atomic mass is 32.1. The second-order valence-electron chi connectivity index (χ2n) is 4.33. The van der Waals surface area contributed by atoms with E-state index in [1.54, 1.807) is 11.3 Å². The monoisotopic (exact) mass is 313 g/mol. The smallest absolute Gasteiger partial charge is 0.325 e. The summed E-state index contributed by atoms with van der Waals surface area (Å²) < 4.78 is 9.05. The van der Waals surface area contributed by atoms with E-state index in [0.717, 1.165) is 11.3 Å². The van der Waals surface area contributed by atoms with Crippen molar-refractivity contribution in [2.45, 2.75) is 19.3 Å². The van der Waals surface area contributed by atoms with E-state index >= 15 is 0 Å². The molecule has 1 rings (SSSR count). The van der Waals surface area contributed by atoms with Crippen molar-refractivity contribution < 1.29 is 23.9 Å². The van der Waals surface area contributed by atoms with Gasteiger partial charge in [0.15, 0.2) is 0 Å². The predicted octanol–water partition coefficient (Wildman–Crippen LogP) is 1.25. The molecule has 116 valence electrons. The molecule has 0 aliphatic rings. The number of methoxy groups -OCH3 is 2. The molecule has 1 heterocycles. The summed E-state index contributed by atoms with van der Waals surface area (Å²) in [6, 6.07) is 3.97. The second-order valence-corrected chi connectivity index (χ2v) is 5.37. The molecular weight excluding hydrogens is 294 g/mol. The number of esters is 2. The number of rotatable bonds is 8. The van der Waals surface area contributed by atoms with Gasteiger partial charge in [0.25, 0.3) is 0 Å². The van der Waals surface area contributed by atoms with Crippen molar-refractivity contribution in [1.82, 2.24) is 4.90 Å². The lowest BCUT2D eigenvalue weighted by Gasteiger charge is -2.20. The molecule has 0 fully saturated rings. The Morgan fingerprint density at radius 3 is 2.24 bits per heavy atom. The van der Waals surface area contributed by atoms with Crippen LogP contribution in [0.2, 0.25) is 0 Å². The van der Waals surface area contributed by atoms with E-state index in [1.807, 2.05) is 17.5 Å². The first-order valence-electron chi connectivity index (χ1n) is 6.50. The minimum Gasteiger partial charge on any atom is -0.468 e. The number of hydrogen-bond donors (Lipinski definition) is 0. The number of hydrogen-bond acceptors (Lipinski definition) is 6. The fourth-order valence-electron chi connectivity index (χ4n) is 1.70. The number of thiophene rings is 1. The molecule has 0 bridgehead atoms. The Kier molecular flexibility index (Phi) is 7.45. The lowest BCUT2D eigenvalue weighted by Crippen LogP contribution is -2.40. The minimum atomic E-state index is -0.564. The molecule has 0 radical (unpaired) electrons. The maximum absolute atomic E-state index is 12.1. The van der Waals surface area contributed by atoms with Crippen molar-refractivity contribution in [2.24, 2.45) is 0 Å². The van der Waals surface area contributed by atoms with Gasteiger partial charge in [0.1, 0.15) is 13.1 Å². The van der Waals surface area contributed by atoms with E-state index in [9.17, 15) is 14.4 Å².